The molecule has 0 fully saturated rings. The van der Waals surface area contributed by atoms with E-state index in [1.807, 2.05) is 13.0 Å². The van der Waals surface area contributed by atoms with Gasteiger partial charge in [-0.15, -0.1) is 0 Å². The van der Waals surface area contributed by atoms with E-state index in [1.54, 1.807) is 43.2 Å². The summed E-state index contributed by atoms with van der Waals surface area (Å²) in [6.07, 6.45) is 3.27. The zero-order valence-corrected chi connectivity index (χ0v) is 14.3. The lowest BCUT2D eigenvalue weighted by Gasteiger charge is -2.14. The number of hydrogen-bond acceptors (Lipinski definition) is 6. The molecule has 0 aliphatic rings. The van der Waals surface area contributed by atoms with Crippen LogP contribution < -0.4 is 4.72 Å². The minimum Gasteiger partial charge on any atom is -0.340 e. The number of rotatable bonds is 5. The third-order valence-corrected chi connectivity index (χ3v) is 4.85. The van der Waals surface area contributed by atoms with Crippen LogP contribution >= 0.6 is 0 Å². The number of aromatic nitrogens is 4. The topological polar surface area (TPSA) is 103 Å². The van der Waals surface area contributed by atoms with Gasteiger partial charge in [-0.3, -0.25) is 4.68 Å². The average molecular weight is 347 g/mol. The first-order valence-electron chi connectivity index (χ1n) is 7.23. The lowest BCUT2D eigenvalue weighted by Crippen LogP contribution is -2.30. The number of sulfonamides is 1. The van der Waals surface area contributed by atoms with Gasteiger partial charge in [0.2, 0.25) is 15.9 Å². The molecule has 0 aliphatic carbocycles. The van der Waals surface area contributed by atoms with Gasteiger partial charge in [0.15, 0.2) is 5.82 Å². The second kappa shape index (κ2) is 6.17. The standard InChI is InChI=1S/C15H17N5O3S/c1-10-5-4-6-13(7-10)24(21,22)19-14(12-8-16-20(3)9-12)15-17-11(2)23-18-15/h4-9,14,19H,1-3H3/t14-/m0/s1. The van der Waals surface area contributed by atoms with E-state index in [-0.39, 0.29) is 10.7 Å². The molecule has 1 N–H and O–H groups in total. The second-order valence-corrected chi connectivity index (χ2v) is 7.20. The molecule has 8 nitrogen and oxygen atoms in total. The monoisotopic (exact) mass is 347 g/mol. The van der Waals surface area contributed by atoms with Gasteiger partial charge in [0.25, 0.3) is 0 Å². The summed E-state index contributed by atoms with van der Waals surface area (Å²) < 4.78 is 34.7. The predicted octanol–water partition coefficient (Wildman–Crippen LogP) is 1.49. The highest BCUT2D eigenvalue weighted by molar-refractivity contribution is 7.89. The zero-order chi connectivity index (χ0) is 17.3. The number of nitrogens with zero attached hydrogens (tertiary/aromatic N) is 4. The fourth-order valence-corrected chi connectivity index (χ4v) is 3.58. The van der Waals surface area contributed by atoms with E-state index >= 15 is 0 Å². The highest BCUT2D eigenvalue weighted by atomic mass is 32.2. The summed E-state index contributed by atoms with van der Waals surface area (Å²) in [4.78, 5) is 4.33. The minimum atomic E-state index is -3.77. The van der Waals surface area contributed by atoms with Crippen molar-refractivity contribution >= 4 is 10.0 Å². The Bertz CT molecular complexity index is 921. The Balaban J connectivity index is 2.00. The van der Waals surface area contributed by atoms with E-state index in [0.29, 0.717) is 11.5 Å². The Hall–Kier alpha value is -2.52. The molecule has 1 aromatic carbocycles. The molecule has 9 heteroatoms. The molecule has 0 spiro atoms. The SMILES string of the molecule is Cc1cccc(S(=O)(=O)N[C@@H](c2cnn(C)c2)c2noc(C)n2)c1. The van der Waals surface area contributed by atoms with Gasteiger partial charge >= 0.3 is 0 Å². The smallest absolute Gasteiger partial charge is 0.241 e. The van der Waals surface area contributed by atoms with Crippen LogP contribution in [0, 0.1) is 13.8 Å². The summed E-state index contributed by atoms with van der Waals surface area (Å²) in [6.45, 7) is 3.48. The fraction of sp³-hybridized carbons (Fsp3) is 0.267. The average Bonchev–Trinajstić information content (AvgIpc) is 3.14. The van der Waals surface area contributed by atoms with Crippen LogP contribution in [0.5, 0.6) is 0 Å². The number of benzene rings is 1. The van der Waals surface area contributed by atoms with E-state index in [2.05, 4.69) is 20.0 Å². The van der Waals surface area contributed by atoms with E-state index in [0.717, 1.165) is 5.56 Å². The quantitative estimate of drug-likeness (QED) is 0.750. The van der Waals surface area contributed by atoms with Crippen molar-refractivity contribution in [1.82, 2.24) is 24.6 Å². The molecule has 0 aliphatic heterocycles. The predicted molar refractivity (Wildman–Crippen MR) is 85.6 cm³/mol. The van der Waals surface area contributed by atoms with Gasteiger partial charge in [0, 0.05) is 25.7 Å². The van der Waals surface area contributed by atoms with Crippen LogP contribution in [0.15, 0.2) is 46.1 Å². The molecular formula is C15H17N5O3S. The van der Waals surface area contributed by atoms with Crippen LogP contribution in [-0.4, -0.2) is 28.3 Å². The molecule has 3 rings (SSSR count). The minimum absolute atomic E-state index is 0.177. The van der Waals surface area contributed by atoms with Crippen LogP contribution in [-0.2, 0) is 17.1 Å². The highest BCUT2D eigenvalue weighted by Crippen LogP contribution is 2.22. The maximum Gasteiger partial charge on any atom is 0.241 e. The normalized spacial score (nSPS) is 13.1. The molecular weight excluding hydrogens is 330 g/mol. The van der Waals surface area contributed by atoms with Crippen LogP contribution in [0.25, 0.3) is 0 Å². The largest absolute Gasteiger partial charge is 0.340 e. The maximum atomic E-state index is 12.7. The molecule has 2 heterocycles. The van der Waals surface area contributed by atoms with Crippen LogP contribution in [0.1, 0.15) is 28.9 Å². The molecule has 1 atom stereocenters. The van der Waals surface area contributed by atoms with Crippen LogP contribution in [0.4, 0.5) is 0 Å². The molecule has 24 heavy (non-hydrogen) atoms. The van der Waals surface area contributed by atoms with Gasteiger partial charge in [-0.2, -0.15) is 14.8 Å². The van der Waals surface area contributed by atoms with Crippen LogP contribution in [0.2, 0.25) is 0 Å². The Morgan fingerprint density at radius 1 is 1.29 bits per heavy atom. The van der Waals surface area contributed by atoms with Crippen molar-refractivity contribution in [2.75, 3.05) is 0 Å². The molecule has 0 unspecified atom stereocenters. The molecule has 0 bridgehead atoms. The van der Waals surface area contributed by atoms with Crippen molar-refractivity contribution in [3.8, 4) is 0 Å². The fourth-order valence-electron chi connectivity index (χ4n) is 2.30. The van der Waals surface area contributed by atoms with Crippen molar-refractivity contribution in [3.63, 3.8) is 0 Å². The summed E-state index contributed by atoms with van der Waals surface area (Å²) in [6, 6.07) is 5.88. The first kappa shape index (κ1) is 16.3. The van der Waals surface area contributed by atoms with Gasteiger partial charge in [-0.25, -0.2) is 8.42 Å². The maximum absolute atomic E-state index is 12.7. The van der Waals surface area contributed by atoms with Gasteiger partial charge < -0.3 is 4.52 Å². The molecule has 126 valence electrons. The summed E-state index contributed by atoms with van der Waals surface area (Å²) in [7, 11) is -2.02. The lowest BCUT2D eigenvalue weighted by atomic mass is 10.2. The first-order valence-corrected chi connectivity index (χ1v) is 8.71. The second-order valence-electron chi connectivity index (χ2n) is 5.49. The summed E-state index contributed by atoms with van der Waals surface area (Å²) >= 11 is 0. The molecule has 0 radical (unpaired) electrons. The van der Waals surface area contributed by atoms with Crippen molar-refractivity contribution in [1.29, 1.82) is 0 Å². The zero-order valence-electron chi connectivity index (χ0n) is 13.5. The molecule has 2 aromatic heterocycles. The third-order valence-electron chi connectivity index (χ3n) is 3.43. The summed E-state index contributed by atoms with van der Waals surface area (Å²) in [5.41, 5.74) is 1.47. The number of hydrogen-bond donors (Lipinski definition) is 1. The van der Waals surface area contributed by atoms with Crippen molar-refractivity contribution in [2.24, 2.45) is 7.05 Å². The lowest BCUT2D eigenvalue weighted by molar-refractivity contribution is 0.384. The van der Waals surface area contributed by atoms with Crippen LogP contribution in [0.3, 0.4) is 0 Å². The van der Waals surface area contributed by atoms with Gasteiger partial charge in [-0.05, 0) is 24.6 Å². The molecule has 3 aromatic rings. The third kappa shape index (κ3) is 3.36. The Morgan fingerprint density at radius 2 is 2.08 bits per heavy atom. The Kier molecular flexibility index (Phi) is 4.20. The van der Waals surface area contributed by atoms with Crippen molar-refractivity contribution < 1.29 is 12.9 Å². The van der Waals surface area contributed by atoms with E-state index in [4.69, 9.17) is 4.52 Å². The van der Waals surface area contributed by atoms with Gasteiger partial charge in [0.1, 0.15) is 6.04 Å². The Labute approximate surface area is 139 Å². The van der Waals surface area contributed by atoms with Crippen molar-refractivity contribution in [2.45, 2.75) is 24.8 Å². The summed E-state index contributed by atoms with van der Waals surface area (Å²) in [5.74, 6) is 0.588. The molecule has 0 saturated heterocycles. The number of nitrogens with one attached hydrogen (secondary N) is 1. The Morgan fingerprint density at radius 3 is 2.67 bits per heavy atom. The van der Waals surface area contributed by atoms with E-state index in [9.17, 15) is 8.42 Å². The summed E-state index contributed by atoms with van der Waals surface area (Å²) in [5, 5.41) is 7.93. The van der Waals surface area contributed by atoms with Gasteiger partial charge in [-0.1, -0.05) is 17.3 Å². The van der Waals surface area contributed by atoms with E-state index < -0.39 is 16.1 Å². The van der Waals surface area contributed by atoms with Crippen molar-refractivity contribution in [3.05, 3.63) is 59.5 Å². The van der Waals surface area contributed by atoms with E-state index in [1.165, 1.54) is 6.07 Å². The highest BCUT2D eigenvalue weighted by Gasteiger charge is 2.27. The number of aryl methyl sites for hydroxylation is 3. The molecule has 0 saturated carbocycles. The first-order chi connectivity index (χ1) is 11.3. The molecule has 0 amide bonds. The van der Waals surface area contributed by atoms with Gasteiger partial charge in [0.05, 0.1) is 11.1 Å².